The molecule has 1 atom stereocenters. The van der Waals surface area contributed by atoms with E-state index in [1.807, 2.05) is 0 Å². The second kappa shape index (κ2) is 5.20. The second-order valence-corrected chi connectivity index (χ2v) is 6.64. The first-order valence-corrected chi connectivity index (χ1v) is 8.17. The zero-order chi connectivity index (χ0) is 17.0. The van der Waals surface area contributed by atoms with Crippen molar-refractivity contribution in [3.8, 4) is 11.5 Å². The minimum Gasteiger partial charge on any atom is -0.504 e. The van der Waals surface area contributed by atoms with Gasteiger partial charge in [0.05, 0.1) is 12.7 Å². The van der Waals surface area contributed by atoms with Gasteiger partial charge >= 0.3 is 0 Å². The number of methoxy groups -OCH3 is 1. The maximum absolute atomic E-state index is 13.1. The summed E-state index contributed by atoms with van der Waals surface area (Å²) in [5.41, 5.74) is 2.97. The first-order valence-electron chi connectivity index (χ1n) is 8.17. The van der Waals surface area contributed by atoms with Crippen LogP contribution in [0.5, 0.6) is 11.5 Å². The first-order chi connectivity index (χ1) is 11.5. The summed E-state index contributed by atoms with van der Waals surface area (Å²) in [7, 11) is 1.49. The number of phenols is 1. The minimum absolute atomic E-state index is 0.100. The molecule has 24 heavy (non-hydrogen) atoms. The number of fused-ring (bicyclic) bond motifs is 4. The van der Waals surface area contributed by atoms with Gasteiger partial charge in [0.25, 0.3) is 0 Å². The van der Waals surface area contributed by atoms with Crippen LogP contribution in [0.3, 0.4) is 0 Å². The Labute approximate surface area is 140 Å². The number of ketones is 2. The fourth-order valence-corrected chi connectivity index (χ4v) is 3.98. The van der Waals surface area contributed by atoms with Gasteiger partial charge in [-0.05, 0) is 30.7 Å². The van der Waals surface area contributed by atoms with Gasteiger partial charge in [0.2, 0.25) is 0 Å². The Kier molecular flexibility index (Phi) is 3.23. The Balaban J connectivity index is 2.09. The molecule has 0 aromatic heterocycles. The molecule has 4 heteroatoms. The maximum Gasteiger partial charge on any atom is 0.198 e. The van der Waals surface area contributed by atoms with Crippen LogP contribution in [0.1, 0.15) is 56.3 Å². The molecule has 2 aliphatic rings. The molecule has 1 N–H and O–H groups in total. The summed E-state index contributed by atoms with van der Waals surface area (Å²) in [6.45, 7) is 2.14. The molecule has 0 bridgehead atoms. The van der Waals surface area contributed by atoms with Crippen LogP contribution < -0.4 is 4.74 Å². The van der Waals surface area contributed by atoms with Crippen LogP contribution >= 0.6 is 0 Å². The molecule has 0 saturated heterocycles. The molecule has 0 saturated carbocycles. The number of rotatable bonds is 1. The van der Waals surface area contributed by atoms with Gasteiger partial charge in [0, 0.05) is 22.3 Å². The highest BCUT2D eigenvalue weighted by atomic mass is 16.5. The topological polar surface area (TPSA) is 63.6 Å². The van der Waals surface area contributed by atoms with Gasteiger partial charge in [0.15, 0.2) is 23.1 Å². The van der Waals surface area contributed by atoms with Crippen molar-refractivity contribution < 1.29 is 19.4 Å². The Morgan fingerprint density at radius 3 is 2.29 bits per heavy atom. The third-order valence-corrected chi connectivity index (χ3v) is 5.16. The Morgan fingerprint density at radius 1 is 1.04 bits per heavy atom. The third-order valence-electron chi connectivity index (χ3n) is 5.16. The molecule has 0 spiro atoms. The standard InChI is InChI=1S/C20H18O4/c1-10-7-8-13-14(9-10)15-16(19(23)20(13)24-2)18(22)12-6-4-3-5-11(12)17(15)21/h3-6,10,23H,7-9H2,1-2H3. The lowest BCUT2D eigenvalue weighted by molar-refractivity contribution is 0.0974. The van der Waals surface area contributed by atoms with Crippen molar-refractivity contribution in [1.29, 1.82) is 0 Å². The van der Waals surface area contributed by atoms with Crippen molar-refractivity contribution >= 4 is 11.6 Å². The van der Waals surface area contributed by atoms with Gasteiger partial charge in [-0.3, -0.25) is 9.59 Å². The number of ether oxygens (including phenoxy) is 1. The fraction of sp³-hybridized carbons (Fsp3) is 0.300. The van der Waals surface area contributed by atoms with Crippen molar-refractivity contribution in [3.63, 3.8) is 0 Å². The average molecular weight is 322 g/mol. The van der Waals surface area contributed by atoms with E-state index < -0.39 is 0 Å². The van der Waals surface area contributed by atoms with Crippen molar-refractivity contribution in [2.45, 2.75) is 26.2 Å². The van der Waals surface area contributed by atoms with Gasteiger partial charge in [-0.1, -0.05) is 31.2 Å². The van der Waals surface area contributed by atoms with E-state index in [1.165, 1.54) is 7.11 Å². The number of carbonyl (C=O) groups excluding carboxylic acids is 2. The summed E-state index contributed by atoms with van der Waals surface area (Å²) in [6.07, 6.45) is 2.43. The summed E-state index contributed by atoms with van der Waals surface area (Å²) in [6, 6.07) is 6.79. The second-order valence-electron chi connectivity index (χ2n) is 6.64. The molecular formula is C20H18O4. The Morgan fingerprint density at radius 2 is 1.67 bits per heavy atom. The lowest BCUT2D eigenvalue weighted by Gasteiger charge is -2.30. The highest BCUT2D eigenvalue weighted by Crippen LogP contribution is 2.46. The summed E-state index contributed by atoms with van der Waals surface area (Å²) < 4.78 is 5.40. The van der Waals surface area contributed by atoms with Gasteiger partial charge < -0.3 is 9.84 Å². The van der Waals surface area contributed by atoms with Crippen LogP contribution in [0.25, 0.3) is 0 Å². The fourth-order valence-electron chi connectivity index (χ4n) is 3.98. The highest BCUT2D eigenvalue weighted by Gasteiger charge is 2.38. The first kappa shape index (κ1) is 14.9. The van der Waals surface area contributed by atoms with Gasteiger partial charge in [-0.2, -0.15) is 0 Å². The summed E-state index contributed by atoms with van der Waals surface area (Å²) >= 11 is 0. The number of phenolic OH excluding ortho intramolecular Hbond substituents is 1. The monoisotopic (exact) mass is 322 g/mol. The number of hydrogen-bond acceptors (Lipinski definition) is 4. The zero-order valence-corrected chi connectivity index (χ0v) is 13.7. The van der Waals surface area contributed by atoms with Crippen LogP contribution in [0, 0.1) is 5.92 Å². The molecule has 2 aliphatic carbocycles. The predicted molar refractivity (Wildman–Crippen MR) is 89.2 cm³/mol. The lowest BCUT2D eigenvalue weighted by atomic mass is 9.74. The lowest BCUT2D eigenvalue weighted by Crippen LogP contribution is -2.26. The Bertz CT molecular complexity index is 895. The number of benzene rings is 2. The van der Waals surface area contributed by atoms with Crippen LogP contribution in [0.4, 0.5) is 0 Å². The summed E-state index contributed by atoms with van der Waals surface area (Å²) in [4.78, 5) is 26.0. The van der Waals surface area contributed by atoms with Crippen molar-refractivity contribution in [2.75, 3.05) is 7.11 Å². The van der Waals surface area contributed by atoms with E-state index in [2.05, 4.69) is 6.92 Å². The summed E-state index contributed by atoms with van der Waals surface area (Å²) in [5.74, 6) is 0.0845. The minimum atomic E-state index is -0.308. The maximum atomic E-state index is 13.1. The van der Waals surface area contributed by atoms with E-state index in [4.69, 9.17) is 4.74 Å². The molecule has 4 rings (SSSR count). The molecule has 1 unspecified atom stereocenters. The summed E-state index contributed by atoms with van der Waals surface area (Å²) in [5, 5.41) is 10.7. The van der Waals surface area contributed by atoms with Crippen LogP contribution in [-0.2, 0) is 12.8 Å². The number of hydrogen-bond donors (Lipinski definition) is 1. The van der Waals surface area contributed by atoms with E-state index in [9.17, 15) is 14.7 Å². The molecule has 0 amide bonds. The highest BCUT2D eigenvalue weighted by molar-refractivity contribution is 6.30. The van der Waals surface area contributed by atoms with Crippen molar-refractivity contribution in [3.05, 3.63) is 57.6 Å². The number of carbonyl (C=O) groups is 2. The van der Waals surface area contributed by atoms with Gasteiger partial charge in [0.1, 0.15) is 0 Å². The third kappa shape index (κ3) is 1.86. The molecule has 0 radical (unpaired) electrons. The smallest absolute Gasteiger partial charge is 0.198 e. The molecule has 4 nitrogen and oxygen atoms in total. The van der Waals surface area contributed by atoms with Crippen molar-refractivity contribution in [1.82, 2.24) is 0 Å². The predicted octanol–water partition coefficient (Wildman–Crippen LogP) is 3.30. The molecule has 2 aromatic rings. The SMILES string of the molecule is COc1c(O)c2c(c3c1CCC(C)C3)C(=O)c1ccccc1C2=O. The van der Waals surface area contributed by atoms with Crippen LogP contribution in [0.15, 0.2) is 24.3 Å². The van der Waals surface area contributed by atoms with Gasteiger partial charge in [-0.15, -0.1) is 0 Å². The molecule has 2 aromatic carbocycles. The Hall–Kier alpha value is -2.62. The molecule has 0 heterocycles. The van der Waals surface area contributed by atoms with E-state index >= 15 is 0 Å². The molecule has 0 fully saturated rings. The van der Waals surface area contributed by atoms with Crippen LogP contribution in [-0.4, -0.2) is 23.8 Å². The zero-order valence-electron chi connectivity index (χ0n) is 13.7. The molecule has 0 aliphatic heterocycles. The molecular weight excluding hydrogens is 304 g/mol. The van der Waals surface area contributed by atoms with E-state index in [0.29, 0.717) is 28.4 Å². The van der Waals surface area contributed by atoms with Gasteiger partial charge in [-0.25, -0.2) is 0 Å². The van der Waals surface area contributed by atoms with E-state index in [-0.39, 0.29) is 22.9 Å². The normalized spacial score (nSPS) is 18.7. The average Bonchev–Trinajstić information content (AvgIpc) is 2.59. The molecule has 122 valence electrons. The largest absolute Gasteiger partial charge is 0.504 e. The quantitative estimate of drug-likeness (QED) is 0.746. The van der Waals surface area contributed by atoms with E-state index in [1.54, 1.807) is 24.3 Å². The number of aromatic hydroxyl groups is 1. The van der Waals surface area contributed by atoms with Crippen LogP contribution in [0.2, 0.25) is 0 Å². The van der Waals surface area contributed by atoms with E-state index in [0.717, 1.165) is 30.4 Å². The van der Waals surface area contributed by atoms with Crippen molar-refractivity contribution in [2.24, 2.45) is 5.92 Å².